The molecule has 0 N–H and O–H groups in total. The van der Waals surface area contributed by atoms with Gasteiger partial charge in [-0.25, -0.2) is 8.78 Å². The second kappa shape index (κ2) is 6.94. The lowest BCUT2D eigenvalue weighted by molar-refractivity contribution is 0.0734. The van der Waals surface area contributed by atoms with Crippen LogP contribution in [0.25, 0.3) is 0 Å². The molecule has 4 nitrogen and oxygen atoms in total. The van der Waals surface area contributed by atoms with E-state index < -0.39 is 11.6 Å². The van der Waals surface area contributed by atoms with Crippen molar-refractivity contribution >= 4 is 5.91 Å². The summed E-state index contributed by atoms with van der Waals surface area (Å²) in [5.41, 5.74) is 0.973. The number of carbonyl (C=O) groups is 1. The quantitative estimate of drug-likeness (QED) is 0.810. The Kier molecular flexibility index (Phi) is 4.49. The molecule has 4 rings (SSSR count). The molecule has 0 spiro atoms. The standard InChI is InChI=1S/C20H19F2NO3/c21-15-9-14(10-16(22)12-15)20(24)23-6-1-3-17(23)13-4-5-18-19(11-13)26-8-2-7-25-18/h4-5,9-12,17H,1-3,6-8H2/t17-/m1/s1. The number of hydrogen-bond acceptors (Lipinski definition) is 3. The average molecular weight is 359 g/mol. The molecule has 0 aromatic heterocycles. The van der Waals surface area contributed by atoms with Gasteiger partial charge in [-0.05, 0) is 42.7 Å². The van der Waals surface area contributed by atoms with E-state index in [0.29, 0.717) is 31.3 Å². The molecule has 0 unspecified atom stereocenters. The lowest BCUT2D eigenvalue weighted by atomic mass is 10.0. The van der Waals surface area contributed by atoms with Gasteiger partial charge >= 0.3 is 0 Å². The van der Waals surface area contributed by atoms with E-state index in [2.05, 4.69) is 0 Å². The molecule has 6 heteroatoms. The third-order valence-corrected chi connectivity index (χ3v) is 4.78. The topological polar surface area (TPSA) is 38.8 Å². The summed E-state index contributed by atoms with van der Waals surface area (Å²) >= 11 is 0. The molecule has 136 valence electrons. The van der Waals surface area contributed by atoms with Crippen molar-refractivity contribution in [1.29, 1.82) is 0 Å². The van der Waals surface area contributed by atoms with Gasteiger partial charge in [0.1, 0.15) is 11.6 Å². The molecule has 1 fully saturated rings. The second-order valence-corrected chi connectivity index (χ2v) is 6.57. The normalized spacial score (nSPS) is 19.3. The number of benzene rings is 2. The fraction of sp³-hybridized carbons (Fsp3) is 0.350. The smallest absolute Gasteiger partial charge is 0.254 e. The summed E-state index contributed by atoms with van der Waals surface area (Å²) in [6.45, 7) is 1.76. The Bertz CT molecular complexity index is 820. The maximum Gasteiger partial charge on any atom is 0.254 e. The summed E-state index contributed by atoms with van der Waals surface area (Å²) in [4.78, 5) is 14.5. The predicted octanol–water partition coefficient (Wildman–Crippen LogP) is 4.10. The van der Waals surface area contributed by atoms with Crippen LogP contribution >= 0.6 is 0 Å². The van der Waals surface area contributed by atoms with E-state index in [1.807, 2.05) is 18.2 Å². The third kappa shape index (κ3) is 3.23. The molecule has 0 radical (unpaired) electrons. The molecule has 1 saturated heterocycles. The molecular formula is C20H19F2NO3. The highest BCUT2D eigenvalue weighted by atomic mass is 19.1. The Morgan fingerprint density at radius 1 is 0.962 bits per heavy atom. The van der Waals surface area contributed by atoms with E-state index in [1.54, 1.807) is 4.90 Å². The number of amides is 1. The number of carbonyl (C=O) groups excluding carboxylic acids is 1. The molecule has 2 aliphatic rings. The van der Waals surface area contributed by atoms with E-state index in [0.717, 1.165) is 43.0 Å². The van der Waals surface area contributed by atoms with Gasteiger partial charge in [0.05, 0.1) is 19.3 Å². The summed E-state index contributed by atoms with van der Waals surface area (Å²) in [7, 11) is 0. The maximum atomic E-state index is 13.5. The molecule has 1 atom stereocenters. The van der Waals surface area contributed by atoms with Gasteiger partial charge in [0, 0.05) is 24.6 Å². The van der Waals surface area contributed by atoms with Crippen molar-refractivity contribution in [3.8, 4) is 11.5 Å². The first-order valence-corrected chi connectivity index (χ1v) is 8.78. The Morgan fingerprint density at radius 2 is 1.69 bits per heavy atom. The van der Waals surface area contributed by atoms with Gasteiger partial charge < -0.3 is 14.4 Å². The van der Waals surface area contributed by atoms with Gasteiger partial charge in [-0.2, -0.15) is 0 Å². The molecule has 2 aromatic rings. The average Bonchev–Trinajstić information content (AvgIpc) is 2.98. The number of ether oxygens (including phenoxy) is 2. The zero-order valence-electron chi connectivity index (χ0n) is 14.2. The SMILES string of the molecule is O=C(c1cc(F)cc(F)c1)N1CCC[C@@H]1c1ccc2c(c1)OCCCO2. The highest BCUT2D eigenvalue weighted by Crippen LogP contribution is 2.38. The van der Waals surface area contributed by atoms with Gasteiger partial charge in [0.25, 0.3) is 5.91 Å². The fourth-order valence-corrected chi connectivity index (χ4v) is 3.59. The zero-order chi connectivity index (χ0) is 18.1. The van der Waals surface area contributed by atoms with Gasteiger partial charge in [-0.15, -0.1) is 0 Å². The molecule has 0 aliphatic carbocycles. The van der Waals surface area contributed by atoms with Gasteiger partial charge in [-0.3, -0.25) is 4.79 Å². The summed E-state index contributed by atoms with van der Waals surface area (Å²) < 4.78 is 38.3. The Labute approximate surface area is 150 Å². The Balaban J connectivity index is 1.62. The van der Waals surface area contributed by atoms with Gasteiger partial charge in [-0.1, -0.05) is 6.07 Å². The first kappa shape index (κ1) is 16.8. The molecule has 2 aromatic carbocycles. The van der Waals surface area contributed by atoms with Crippen LogP contribution in [-0.4, -0.2) is 30.6 Å². The number of nitrogens with zero attached hydrogens (tertiary/aromatic N) is 1. The van der Waals surface area contributed by atoms with E-state index in [-0.39, 0.29) is 17.5 Å². The minimum Gasteiger partial charge on any atom is -0.490 e. The molecule has 26 heavy (non-hydrogen) atoms. The van der Waals surface area contributed by atoms with Crippen LogP contribution < -0.4 is 9.47 Å². The van der Waals surface area contributed by atoms with Gasteiger partial charge in [0.2, 0.25) is 0 Å². The molecular weight excluding hydrogens is 340 g/mol. The first-order valence-electron chi connectivity index (χ1n) is 8.78. The van der Waals surface area contributed by atoms with Crippen LogP contribution in [0.15, 0.2) is 36.4 Å². The summed E-state index contributed by atoms with van der Waals surface area (Å²) in [6.07, 6.45) is 2.45. The van der Waals surface area contributed by atoms with Crippen molar-refractivity contribution < 1.29 is 23.0 Å². The van der Waals surface area contributed by atoms with Crippen LogP contribution in [0, 0.1) is 11.6 Å². The van der Waals surface area contributed by atoms with E-state index >= 15 is 0 Å². The molecule has 1 amide bonds. The molecule has 0 saturated carbocycles. The van der Waals surface area contributed by atoms with E-state index in [1.165, 1.54) is 0 Å². The Hall–Kier alpha value is -2.63. The highest BCUT2D eigenvalue weighted by molar-refractivity contribution is 5.94. The van der Waals surface area contributed by atoms with Crippen molar-refractivity contribution in [2.45, 2.75) is 25.3 Å². The molecule has 2 heterocycles. The van der Waals surface area contributed by atoms with Gasteiger partial charge in [0.15, 0.2) is 11.5 Å². The van der Waals surface area contributed by atoms with Crippen molar-refractivity contribution in [2.24, 2.45) is 0 Å². The van der Waals surface area contributed by atoms with Crippen molar-refractivity contribution in [2.75, 3.05) is 19.8 Å². The minimum absolute atomic E-state index is 0.0312. The molecule has 0 bridgehead atoms. The monoisotopic (exact) mass is 359 g/mol. The van der Waals surface area contributed by atoms with Crippen LogP contribution in [0.5, 0.6) is 11.5 Å². The fourth-order valence-electron chi connectivity index (χ4n) is 3.59. The third-order valence-electron chi connectivity index (χ3n) is 4.78. The highest BCUT2D eigenvalue weighted by Gasteiger charge is 2.31. The minimum atomic E-state index is -0.750. The van der Waals surface area contributed by atoms with E-state index in [9.17, 15) is 13.6 Å². The lowest BCUT2D eigenvalue weighted by Crippen LogP contribution is -2.30. The number of halogens is 2. The van der Waals surface area contributed by atoms with Crippen molar-refractivity contribution in [1.82, 2.24) is 4.90 Å². The van der Waals surface area contributed by atoms with Crippen LogP contribution in [0.3, 0.4) is 0 Å². The number of likely N-dealkylation sites (tertiary alicyclic amines) is 1. The predicted molar refractivity (Wildman–Crippen MR) is 91.4 cm³/mol. The largest absolute Gasteiger partial charge is 0.490 e. The van der Waals surface area contributed by atoms with Crippen molar-refractivity contribution in [3.63, 3.8) is 0 Å². The number of hydrogen-bond donors (Lipinski definition) is 0. The maximum absolute atomic E-state index is 13.5. The summed E-state index contributed by atoms with van der Waals surface area (Å²) in [6, 6.07) is 8.47. The van der Waals surface area contributed by atoms with Crippen LogP contribution in [0.4, 0.5) is 8.78 Å². The van der Waals surface area contributed by atoms with Crippen molar-refractivity contribution in [3.05, 3.63) is 59.2 Å². The zero-order valence-corrected chi connectivity index (χ0v) is 14.2. The lowest BCUT2D eigenvalue weighted by Gasteiger charge is -2.26. The van der Waals surface area contributed by atoms with Crippen LogP contribution in [0.1, 0.15) is 41.2 Å². The summed E-state index contributed by atoms with van der Waals surface area (Å²) in [5, 5.41) is 0. The van der Waals surface area contributed by atoms with E-state index in [4.69, 9.17) is 9.47 Å². The number of fused-ring (bicyclic) bond motifs is 1. The number of rotatable bonds is 2. The van der Waals surface area contributed by atoms with Crippen LogP contribution in [-0.2, 0) is 0 Å². The Morgan fingerprint density at radius 3 is 2.46 bits per heavy atom. The second-order valence-electron chi connectivity index (χ2n) is 6.57. The molecule has 2 aliphatic heterocycles. The first-order chi connectivity index (χ1) is 12.6. The summed E-state index contributed by atoms with van der Waals surface area (Å²) in [5.74, 6) is -0.484. The van der Waals surface area contributed by atoms with Crippen LogP contribution in [0.2, 0.25) is 0 Å².